The van der Waals surface area contributed by atoms with Crippen molar-refractivity contribution >= 4 is 17.9 Å². The fourth-order valence-corrected chi connectivity index (χ4v) is 1.41. The Kier molecular flexibility index (Phi) is 4.12. The second kappa shape index (κ2) is 5.99. The van der Waals surface area contributed by atoms with Gasteiger partial charge < -0.3 is 14.8 Å². The number of anilines is 1. The number of amides is 2. The van der Waals surface area contributed by atoms with E-state index >= 15 is 0 Å². The molecule has 2 rings (SSSR count). The summed E-state index contributed by atoms with van der Waals surface area (Å²) in [5.74, 6) is -0.947. The van der Waals surface area contributed by atoms with Crippen LogP contribution in [0.3, 0.4) is 0 Å². The predicted octanol–water partition coefficient (Wildman–Crippen LogP) is 1.10. The number of aryl methyl sites for hydroxylation is 2. The van der Waals surface area contributed by atoms with Crippen LogP contribution < -0.4 is 10.6 Å². The van der Waals surface area contributed by atoms with Crippen LogP contribution in [-0.4, -0.2) is 32.3 Å². The van der Waals surface area contributed by atoms with Crippen LogP contribution in [-0.2, 0) is 6.54 Å². The van der Waals surface area contributed by atoms with E-state index in [4.69, 9.17) is 9.52 Å². The smallest absolute Gasteiger partial charge is 0.371 e. The number of nitrogens with one attached hydrogen (secondary N) is 2. The minimum Gasteiger partial charge on any atom is -0.475 e. The highest BCUT2D eigenvalue weighted by molar-refractivity contribution is 5.87. The third-order valence-corrected chi connectivity index (χ3v) is 2.61. The molecule has 9 heteroatoms. The number of nitrogens with zero attached hydrogens (tertiary/aromatic N) is 3. The maximum atomic E-state index is 11.6. The summed E-state index contributed by atoms with van der Waals surface area (Å²) >= 11 is 0. The summed E-state index contributed by atoms with van der Waals surface area (Å²) in [7, 11) is 0. The third kappa shape index (κ3) is 3.75. The monoisotopic (exact) mass is 291 g/mol. The minimum absolute atomic E-state index is 0.0391. The highest BCUT2D eigenvalue weighted by Crippen LogP contribution is 2.07. The van der Waals surface area contributed by atoms with Crippen molar-refractivity contribution in [2.75, 3.05) is 5.32 Å². The topological polar surface area (TPSA) is 130 Å². The zero-order chi connectivity index (χ0) is 15.4. The molecule has 2 amide bonds. The van der Waals surface area contributed by atoms with E-state index in [1.165, 1.54) is 12.1 Å². The minimum atomic E-state index is -1.17. The number of hydrogen-bond donors (Lipinski definition) is 3. The van der Waals surface area contributed by atoms with Gasteiger partial charge in [-0.15, -0.1) is 5.10 Å². The highest BCUT2D eigenvalue weighted by Gasteiger charge is 2.10. The number of carbonyl (C=O) groups is 2. The van der Waals surface area contributed by atoms with Gasteiger partial charge in [0.25, 0.3) is 5.95 Å². The fourth-order valence-electron chi connectivity index (χ4n) is 1.41. The zero-order valence-corrected chi connectivity index (χ0v) is 11.4. The third-order valence-electron chi connectivity index (χ3n) is 2.61. The molecule has 0 aliphatic heterocycles. The molecule has 0 fully saturated rings. The number of carboxylic acids is 1. The Bertz CT molecular complexity index is 682. The number of furan rings is 1. The first-order valence-corrected chi connectivity index (χ1v) is 6.00. The molecule has 9 nitrogen and oxygen atoms in total. The first-order chi connectivity index (χ1) is 9.95. The Morgan fingerprint density at radius 1 is 1.24 bits per heavy atom. The van der Waals surface area contributed by atoms with E-state index in [9.17, 15) is 9.59 Å². The van der Waals surface area contributed by atoms with Gasteiger partial charge >= 0.3 is 12.0 Å². The Balaban J connectivity index is 1.89. The molecular formula is C12H13N5O4. The van der Waals surface area contributed by atoms with Gasteiger partial charge in [0, 0.05) is 0 Å². The first kappa shape index (κ1) is 14.4. The predicted molar refractivity (Wildman–Crippen MR) is 70.8 cm³/mol. The first-order valence-electron chi connectivity index (χ1n) is 6.00. The quantitative estimate of drug-likeness (QED) is 0.768. The van der Waals surface area contributed by atoms with E-state index in [1.54, 1.807) is 13.8 Å². The molecule has 0 saturated carbocycles. The number of carboxylic acid groups (broad SMARTS) is 1. The lowest BCUT2D eigenvalue weighted by molar-refractivity contribution is 0.0660. The number of carbonyl (C=O) groups excluding carboxylic acids is 1. The summed E-state index contributed by atoms with van der Waals surface area (Å²) in [4.78, 5) is 26.3. The molecule has 0 aromatic carbocycles. The zero-order valence-electron chi connectivity index (χ0n) is 11.4. The van der Waals surface area contributed by atoms with Crippen LogP contribution in [0.5, 0.6) is 0 Å². The van der Waals surface area contributed by atoms with Gasteiger partial charge in [-0.1, -0.05) is 0 Å². The SMILES string of the molecule is Cc1nnc(NC(=O)NCc2ccc(C(=O)O)o2)nc1C. The summed E-state index contributed by atoms with van der Waals surface area (Å²) in [6, 6.07) is 2.24. The average Bonchev–Trinajstić information content (AvgIpc) is 2.90. The molecule has 0 radical (unpaired) electrons. The molecule has 0 unspecified atom stereocenters. The molecule has 2 aromatic rings. The summed E-state index contributed by atoms with van der Waals surface area (Å²) < 4.78 is 4.99. The Labute approximate surface area is 119 Å². The lowest BCUT2D eigenvalue weighted by atomic mass is 10.4. The summed E-state index contributed by atoms with van der Waals surface area (Å²) in [6.07, 6.45) is 0. The number of aromatic nitrogens is 3. The van der Waals surface area contributed by atoms with E-state index in [0.29, 0.717) is 17.1 Å². The van der Waals surface area contributed by atoms with Crippen molar-refractivity contribution in [3.8, 4) is 0 Å². The molecule has 110 valence electrons. The lowest BCUT2D eigenvalue weighted by Gasteiger charge is -2.05. The van der Waals surface area contributed by atoms with Crippen molar-refractivity contribution < 1.29 is 19.1 Å². The molecule has 21 heavy (non-hydrogen) atoms. The van der Waals surface area contributed by atoms with Crippen LogP contribution in [0.4, 0.5) is 10.7 Å². The van der Waals surface area contributed by atoms with Crippen LogP contribution >= 0.6 is 0 Å². The van der Waals surface area contributed by atoms with Crippen LogP contribution in [0.1, 0.15) is 27.7 Å². The van der Waals surface area contributed by atoms with Gasteiger partial charge in [0.05, 0.1) is 17.9 Å². The normalized spacial score (nSPS) is 10.2. The number of urea groups is 1. The van der Waals surface area contributed by atoms with Gasteiger partial charge in [-0.25, -0.2) is 14.6 Å². The standard InChI is InChI=1S/C12H13N5O4/c1-6-7(2)16-17-11(14-6)15-12(20)13-5-8-3-4-9(21-8)10(18)19/h3-4H,5H2,1-2H3,(H,18,19)(H2,13,14,15,17,20). The maximum Gasteiger partial charge on any atom is 0.371 e. The molecule has 0 aliphatic carbocycles. The Hall–Kier alpha value is -2.97. The van der Waals surface area contributed by atoms with Crippen molar-refractivity contribution in [3.05, 3.63) is 35.0 Å². The number of rotatable bonds is 4. The van der Waals surface area contributed by atoms with Gasteiger partial charge in [-0.05, 0) is 26.0 Å². The van der Waals surface area contributed by atoms with Crippen LogP contribution in [0.25, 0.3) is 0 Å². The summed E-state index contributed by atoms with van der Waals surface area (Å²) in [5, 5.41) is 21.2. The van der Waals surface area contributed by atoms with E-state index in [-0.39, 0.29) is 18.3 Å². The molecule has 3 N–H and O–H groups in total. The van der Waals surface area contributed by atoms with Crippen molar-refractivity contribution in [2.24, 2.45) is 0 Å². The van der Waals surface area contributed by atoms with E-state index in [2.05, 4.69) is 25.8 Å². The average molecular weight is 291 g/mol. The number of aromatic carboxylic acids is 1. The van der Waals surface area contributed by atoms with E-state index in [1.807, 2.05) is 0 Å². The van der Waals surface area contributed by atoms with E-state index in [0.717, 1.165) is 0 Å². The molecule has 0 saturated heterocycles. The fraction of sp³-hybridized carbons (Fsp3) is 0.250. The van der Waals surface area contributed by atoms with Crippen molar-refractivity contribution in [1.82, 2.24) is 20.5 Å². The van der Waals surface area contributed by atoms with Gasteiger partial charge in [0.1, 0.15) is 5.76 Å². The van der Waals surface area contributed by atoms with Gasteiger partial charge in [0.2, 0.25) is 5.76 Å². The van der Waals surface area contributed by atoms with Crippen LogP contribution in [0.15, 0.2) is 16.5 Å². The second-order valence-corrected chi connectivity index (χ2v) is 4.19. The largest absolute Gasteiger partial charge is 0.475 e. The molecular weight excluding hydrogens is 278 g/mol. The van der Waals surface area contributed by atoms with Gasteiger partial charge in [-0.3, -0.25) is 5.32 Å². The lowest BCUT2D eigenvalue weighted by Crippen LogP contribution is -2.29. The van der Waals surface area contributed by atoms with Crippen molar-refractivity contribution in [3.63, 3.8) is 0 Å². The van der Waals surface area contributed by atoms with Crippen LogP contribution in [0.2, 0.25) is 0 Å². The summed E-state index contributed by atoms with van der Waals surface area (Å²) in [6.45, 7) is 3.55. The second-order valence-electron chi connectivity index (χ2n) is 4.19. The molecule has 2 aromatic heterocycles. The Morgan fingerprint density at radius 3 is 2.62 bits per heavy atom. The van der Waals surface area contributed by atoms with Crippen molar-refractivity contribution in [2.45, 2.75) is 20.4 Å². The Morgan fingerprint density at radius 2 is 2.00 bits per heavy atom. The van der Waals surface area contributed by atoms with Crippen molar-refractivity contribution in [1.29, 1.82) is 0 Å². The molecule has 0 aliphatic rings. The van der Waals surface area contributed by atoms with E-state index < -0.39 is 12.0 Å². The summed E-state index contributed by atoms with van der Waals surface area (Å²) in [5.41, 5.74) is 1.34. The highest BCUT2D eigenvalue weighted by atomic mass is 16.4. The van der Waals surface area contributed by atoms with Gasteiger partial charge in [0.15, 0.2) is 0 Å². The molecule has 0 atom stereocenters. The number of hydrogen-bond acceptors (Lipinski definition) is 6. The van der Waals surface area contributed by atoms with Gasteiger partial charge in [-0.2, -0.15) is 5.10 Å². The molecule has 0 spiro atoms. The molecule has 2 heterocycles. The maximum absolute atomic E-state index is 11.6. The van der Waals surface area contributed by atoms with Crippen LogP contribution in [0, 0.1) is 13.8 Å². The molecule has 0 bridgehead atoms.